The van der Waals surface area contributed by atoms with Gasteiger partial charge in [0.25, 0.3) is 5.91 Å². The van der Waals surface area contributed by atoms with Crippen LogP contribution in [-0.4, -0.2) is 37.3 Å². The molecule has 0 saturated carbocycles. The van der Waals surface area contributed by atoms with Crippen LogP contribution in [0.3, 0.4) is 0 Å². The normalized spacial score (nSPS) is 17.0. The SMILES string of the molecule is COc1cccc([C@H]2SCCN2C(=O)c2cccc(Br)c2)c1OC. The number of ether oxygens (including phenoxy) is 2. The Morgan fingerprint density at radius 3 is 2.71 bits per heavy atom. The molecule has 1 saturated heterocycles. The lowest BCUT2D eigenvalue weighted by Gasteiger charge is -2.26. The van der Waals surface area contributed by atoms with Crippen LogP contribution in [0.25, 0.3) is 0 Å². The number of carbonyl (C=O) groups excluding carboxylic acids is 1. The maximum atomic E-state index is 13.0. The first-order chi connectivity index (χ1) is 11.7. The van der Waals surface area contributed by atoms with Gasteiger partial charge >= 0.3 is 0 Å². The molecular formula is C18H18BrNO3S. The molecule has 3 rings (SSSR count). The molecule has 0 unspecified atom stereocenters. The number of rotatable bonds is 4. The minimum atomic E-state index is -0.0819. The number of halogens is 1. The Balaban J connectivity index is 1.95. The molecule has 24 heavy (non-hydrogen) atoms. The molecule has 1 fully saturated rings. The highest BCUT2D eigenvalue weighted by Gasteiger charge is 2.33. The molecule has 1 atom stereocenters. The third kappa shape index (κ3) is 3.26. The molecule has 0 bridgehead atoms. The molecule has 2 aromatic carbocycles. The molecule has 0 aromatic heterocycles. The fourth-order valence-electron chi connectivity index (χ4n) is 2.83. The van der Waals surface area contributed by atoms with Gasteiger partial charge in [-0.1, -0.05) is 34.1 Å². The second-order valence-corrected chi connectivity index (χ2v) is 7.42. The van der Waals surface area contributed by atoms with E-state index in [1.807, 2.05) is 47.4 Å². The topological polar surface area (TPSA) is 38.8 Å². The Morgan fingerprint density at radius 1 is 1.21 bits per heavy atom. The molecule has 1 amide bonds. The van der Waals surface area contributed by atoms with Gasteiger partial charge in [-0.2, -0.15) is 0 Å². The first kappa shape index (κ1) is 17.2. The van der Waals surface area contributed by atoms with Crippen molar-refractivity contribution in [3.05, 3.63) is 58.1 Å². The van der Waals surface area contributed by atoms with Gasteiger partial charge in [0.05, 0.1) is 14.2 Å². The zero-order chi connectivity index (χ0) is 17.1. The van der Waals surface area contributed by atoms with Crippen LogP contribution in [0.4, 0.5) is 0 Å². The molecule has 1 aliphatic rings. The van der Waals surface area contributed by atoms with E-state index in [1.165, 1.54) is 0 Å². The summed E-state index contributed by atoms with van der Waals surface area (Å²) in [5, 5.41) is -0.0819. The zero-order valence-corrected chi connectivity index (χ0v) is 15.9. The number of thioether (sulfide) groups is 1. The van der Waals surface area contributed by atoms with Crippen LogP contribution < -0.4 is 9.47 Å². The number of carbonyl (C=O) groups is 1. The van der Waals surface area contributed by atoms with Crippen LogP contribution in [-0.2, 0) is 0 Å². The Kier molecular flexibility index (Phi) is 5.36. The summed E-state index contributed by atoms with van der Waals surface area (Å²) in [5.41, 5.74) is 1.64. The predicted molar refractivity (Wildman–Crippen MR) is 99.9 cm³/mol. The predicted octanol–water partition coefficient (Wildman–Crippen LogP) is 4.35. The van der Waals surface area contributed by atoms with Crippen molar-refractivity contribution in [2.75, 3.05) is 26.5 Å². The van der Waals surface area contributed by atoms with Gasteiger partial charge in [0.1, 0.15) is 5.37 Å². The summed E-state index contributed by atoms with van der Waals surface area (Å²) in [6.07, 6.45) is 0. The van der Waals surface area contributed by atoms with E-state index in [2.05, 4.69) is 15.9 Å². The van der Waals surface area contributed by atoms with E-state index in [9.17, 15) is 4.79 Å². The number of amides is 1. The van der Waals surface area contributed by atoms with E-state index in [0.29, 0.717) is 23.6 Å². The smallest absolute Gasteiger partial charge is 0.255 e. The number of hydrogen-bond donors (Lipinski definition) is 0. The first-order valence-corrected chi connectivity index (χ1v) is 9.39. The van der Waals surface area contributed by atoms with Gasteiger partial charge in [0.15, 0.2) is 11.5 Å². The van der Waals surface area contributed by atoms with E-state index >= 15 is 0 Å². The van der Waals surface area contributed by atoms with E-state index < -0.39 is 0 Å². The van der Waals surface area contributed by atoms with E-state index in [-0.39, 0.29) is 11.3 Å². The summed E-state index contributed by atoms with van der Waals surface area (Å²) in [6.45, 7) is 0.709. The summed E-state index contributed by atoms with van der Waals surface area (Å²) in [4.78, 5) is 14.8. The summed E-state index contributed by atoms with van der Waals surface area (Å²) < 4.78 is 11.8. The Bertz CT molecular complexity index is 753. The van der Waals surface area contributed by atoms with E-state index in [4.69, 9.17) is 9.47 Å². The highest BCUT2D eigenvalue weighted by molar-refractivity contribution is 9.10. The molecule has 1 heterocycles. The highest BCUT2D eigenvalue weighted by atomic mass is 79.9. The molecule has 1 aliphatic heterocycles. The van der Waals surface area contributed by atoms with Crippen molar-refractivity contribution >= 4 is 33.6 Å². The molecule has 0 radical (unpaired) electrons. The van der Waals surface area contributed by atoms with Gasteiger partial charge in [-0.15, -0.1) is 11.8 Å². The average Bonchev–Trinajstić information content (AvgIpc) is 3.09. The molecule has 4 nitrogen and oxygen atoms in total. The quantitative estimate of drug-likeness (QED) is 0.754. The highest BCUT2D eigenvalue weighted by Crippen LogP contribution is 2.45. The maximum Gasteiger partial charge on any atom is 0.255 e. The lowest BCUT2D eigenvalue weighted by atomic mass is 10.1. The third-order valence-electron chi connectivity index (χ3n) is 3.92. The van der Waals surface area contributed by atoms with Crippen LogP contribution in [0.2, 0.25) is 0 Å². The molecule has 0 N–H and O–H groups in total. The summed E-state index contributed by atoms with van der Waals surface area (Å²) in [5.74, 6) is 2.28. The van der Waals surface area contributed by atoms with Gasteiger partial charge in [0.2, 0.25) is 0 Å². The third-order valence-corrected chi connectivity index (χ3v) is 5.66. The Hall–Kier alpha value is -1.66. The molecule has 6 heteroatoms. The van der Waals surface area contributed by atoms with Crippen LogP contribution >= 0.6 is 27.7 Å². The zero-order valence-electron chi connectivity index (χ0n) is 13.5. The van der Waals surface area contributed by atoms with Crippen molar-refractivity contribution in [3.63, 3.8) is 0 Å². The number of para-hydroxylation sites is 1. The number of nitrogens with zero attached hydrogens (tertiary/aromatic N) is 1. The lowest BCUT2D eigenvalue weighted by molar-refractivity contribution is 0.0759. The first-order valence-electron chi connectivity index (χ1n) is 7.54. The van der Waals surface area contributed by atoms with Crippen LogP contribution in [0.5, 0.6) is 11.5 Å². The van der Waals surface area contributed by atoms with Gasteiger partial charge in [-0.25, -0.2) is 0 Å². The second-order valence-electron chi connectivity index (χ2n) is 5.31. The Morgan fingerprint density at radius 2 is 2.00 bits per heavy atom. The standard InChI is InChI=1S/C18H18BrNO3S/c1-22-15-8-4-7-14(16(15)23-2)18-20(9-10-24-18)17(21)12-5-3-6-13(19)11-12/h3-8,11,18H,9-10H2,1-2H3/t18-/m1/s1. The monoisotopic (exact) mass is 407 g/mol. The van der Waals surface area contributed by atoms with Crippen LogP contribution in [0.1, 0.15) is 21.3 Å². The Labute approximate surface area is 154 Å². The fourth-order valence-corrected chi connectivity index (χ4v) is 4.50. The summed E-state index contributed by atoms with van der Waals surface area (Å²) in [6, 6.07) is 13.3. The average molecular weight is 408 g/mol. The van der Waals surface area contributed by atoms with Crippen molar-refractivity contribution in [1.29, 1.82) is 0 Å². The summed E-state index contributed by atoms with van der Waals surface area (Å²) in [7, 11) is 3.25. The molecule has 2 aromatic rings. The minimum absolute atomic E-state index is 0.0242. The van der Waals surface area contributed by atoms with Crippen molar-refractivity contribution in [1.82, 2.24) is 4.90 Å². The number of hydrogen-bond acceptors (Lipinski definition) is 4. The molecular weight excluding hydrogens is 390 g/mol. The van der Waals surface area contributed by atoms with Gasteiger partial charge in [-0.05, 0) is 24.3 Å². The van der Waals surface area contributed by atoms with Crippen molar-refractivity contribution in [2.24, 2.45) is 0 Å². The van der Waals surface area contributed by atoms with E-state index in [0.717, 1.165) is 15.8 Å². The number of methoxy groups -OCH3 is 2. The van der Waals surface area contributed by atoms with Gasteiger partial charge in [0, 0.05) is 27.9 Å². The fraction of sp³-hybridized carbons (Fsp3) is 0.278. The van der Waals surface area contributed by atoms with Crippen molar-refractivity contribution < 1.29 is 14.3 Å². The lowest BCUT2D eigenvalue weighted by Crippen LogP contribution is -2.30. The van der Waals surface area contributed by atoms with Gasteiger partial charge < -0.3 is 14.4 Å². The maximum absolute atomic E-state index is 13.0. The molecule has 0 aliphatic carbocycles. The minimum Gasteiger partial charge on any atom is -0.493 e. The molecule has 126 valence electrons. The van der Waals surface area contributed by atoms with Crippen molar-refractivity contribution in [2.45, 2.75) is 5.37 Å². The van der Waals surface area contributed by atoms with Gasteiger partial charge in [-0.3, -0.25) is 4.79 Å². The van der Waals surface area contributed by atoms with Crippen molar-refractivity contribution in [3.8, 4) is 11.5 Å². The van der Waals surface area contributed by atoms with Crippen LogP contribution in [0, 0.1) is 0 Å². The van der Waals surface area contributed by atoms with Crippen LogP contribution in [0.15, 0.2) is 46.9 Å². The second kappa shape index (κ2) is 7.49. The summed E-state index contributed by atoms with van der Waals surface area (Å²) >= 11 is 5.17. The van der Waals surface area contributed by atoms with E-state index in [1.54, 1.807) is 26.0 Å². The molecule has 0 spiro atoms. The largest absolute Gasteiger partial charge is 0.493 e. The number of benzene rings is 2.